The van der Waals surface area contributed by atoms with Crippen LogP contribution in [0.4, 0.5) is 0 Å². The summed E-state index contributed by atoms with van der Waals surface area (Å²) in [6.45, 7) is 2.11. The minimum absolute atomic E-state index is 0.977. The third kappa shape index (κ3) is 2.08. The van der Waals surface area contributed by atoms with Gasteiger partial charge < -0.3 is 0 Å². The maximum atomic E-state index is 4.75. The Hall–Kier alpha value is -1.89. The van der Waals surface area contributed by atoms with E-state index >= 15 is 0 Å². The van der Waals surface area contributed by atoms with Crippen molar-refractivity contribution in [2.75, 3.05) is 0 Å². The summed E-state index contributed by atoms with van der Waals surface area (Å²) in [5.74, 6) is 0. The van der Waals surface area contributed by atoms with Crippen molar-refractivity contribution < 1.29 is 0 Å². The van der Waals surface area contributed by atoms with Gasteiger partial charge in [-0.1, -0.05) is 48.6 Å². The Morgan fingerprint density at radius 3 is 2.61 bits per heavy atom. The second-order valence-corrected chi connectivity index (χ2v) is 4.86. The minimum Gasteiger partial charge on any atom is -0.257 e. The maximum absolute atomic E-state index is 4.75. The van der Waals surface area contributed by atoms with Crippen molar-refractivity contribution in [1.82, 2.24) is 0 Å². The normalized spacial score (nSPS) is 18.9. The van der Waals surface area contributed by atoms with Crippen LogP contribution in [0.25, 0.3) is 5.57 Å². The van der Waals surface area contributed by atoms with Crippen molar-refractivity contribution in [3.8, 4) is 0 Å². The standard InChI is InChI=1S/C17H17N/c1-13-12-16(14-8-4-2-5-9-14)17(18-13)15-10-6-3-7-11-15/h2,4-6,8-11H,3,7,12H2,1H3. The third-order valence-electron chi connectivity index (χ3n) is 3.41. The largest absolute Gasteiger partial charge is 0.257 e. The maximum Gasteiger partial charge on any atom is 0.0739 e. The number of rotatable bonds is 2. The van der Waals surface area contributed by atoms with E-state index in [4.69, 9.17) is 4.99 Å². The van der Waals surface area contributed by atoms with E-state index in [0.717, 1.165) is 19.3 Å². The first kappa shape index (κ1) is 11.2. The van der Waals surface area contributed by atoms with Crippen molar-refractivity contribution in [3.05, 3.63) is 65.4 Å². The molecule has 3 rings (SSSR count). The van der Waals surface area contributed by atoms with Crippen molar-refractivity contribution in [3.63, 3.8) is 0 Å². The lowest BCUT2D eigenvalue weighted by atomic mass is 9.96. The van der Waals surface area contributed by atoms with Gasteiger partial charge in [-0.2, -0.15) is 0 Å². The van der Waals surface area contributed by atoms with Gasteiger partial charge in [-0.3, -0.25) is 4.99 Å². The summed E-state index contributed by atoms with van der Waals surface area (Å²) >= 11 is 0. The Bertz CT molecular complexity index is 571. The number of allylic oxidation sites excluding steroid dienone is 4. The summed E-state index contributed by atoms with van der Waals surface area (Å²) in [6, 6.07) is 10.6. The van der Waals surface area contributed by atoms with Gasteiger partial charge in [0.05, 0.1) is 5.70 Å². The Balaban J connectivity index is 2.06. The lowest BCUT2D eigenvalue weighted by molar-refractivity contribution is 1.02. The average Bonchev–Trinajstić information content (AvgIpc) is 2.83. The minimum atomic E-state index is 0.977. The Morgan fingerprint density at radius 2 is 1.89 bits per heavy atom. The van der Waals surface area contributed by atoms with Crippen molar-refractivity contribution >= 4 is 11.3 Å². The molecule has 0 saturated heterocycles. The zero-order valence-corrected chi connectivity index (χ0v) is 10.7. The van der Waals surface area contributed by atoms with Crippen molar-refractivity contribution in [2.45, 2.75) is 26.2 Å². The molecule has 1 aromatic carbocycles. The van der Waals surface area contributed by atoms with Gasteiger partial charge >= 0.3 is 0 Å². The number of aliphatic imine (C=N–C) groups is 1. The molecule has 1 aliphatic heterocycles. The quantitative estimate of drug-likeness (QED) is 0.713. The molecule has 1 aliphatic carbocycles. The van der Waals surface area contributed by atoms with Crippen LogP contribution in [-0.2, 0) is 0 Å². The molecule has 0 amide bonds. The summed E-state index contributed by atoms with van der Waals surface area (Å²) in [5.41, 5.74) is 6.34. The topological polar surface area (TPSA) is 12.4 Å². The van der Waals surface area contributed by atoms with Gasteiger partial charge in [-0.25, -0.2) is 0 Å². The number of hydrogen-bond donors (Lipinski definition) is 0. The van der Waals surface area contributed by atoms with Crippen LogP contribution >= 0.6 is 0 Å². The van der Waals surface area contributed by atoms with Crippen molar-refractivity contribution in [1.29, 1.82) is 0 Å². The number of hydrogen-bond acceptors (Lipinski definition) is 1. The molecule has 1 nitrogen and oxygen atoms in total. The molecule has 2 aliphatic rings. The summed E-state index contributed by atoms with van der Waals surface area (Å²) < 4.78 is 0. The molecule has 0 radical (unpaired) electrons. The second-order valence-electron chi connectivity index (χ2n) is 4.86. The Kier molecular flexibility index (Phi) is 2.97. The van der Waals surface area contributed by atoms with Crippen LogP contribution < -0.4 is 0 Å². The third-order valence-corrected chi connectivity index (χ3v) is 3.41. The van der Waals surface area contributed by atoms with E-state index < -0.39 is 0 Å². The fourth-order valence-corrected chi connectivity index (χ4v) is 2.54. The summed E-state index contributed by atoms with van der Waals surface area (Å²) in [4.78, 5) is 4.75. The van der Waals surface area contributed by atoms with E-state index in [-0.39, 0.29) is 0 Å². The van der Waals surface area contributed by atoms with Crippen LogP contribution in [0.3, 0.4) is 0 Å². The van der Waals surface area contributed by atoms with Crippen LogP contribution in [0.1, 0.15) is 31.7 Å². The average molecular weight is 235 g/mol. The molecule has 1 aromatic rings. The molecule has 0 fully saturated rings. The fourth-order valence-electron chi connectivity index (χ4n) is 2.54. The first-order valence-corrected chi connectivity index (χ1v) is 6.54. The highest BCUT2D eigenvalue weighted by molar-refractivity contribution is 5.99. The first-order valence-electron chi connectivity index (χ1n) is 6.54. The van der Waals surface area contributed by atoms with Crippen LogP contribution in [0.15, 0.2) is 64.8 Å². The molecule has 0 spiro atoms. The fraction of sp³-hybridized carbons (Fsp3) is 0.235. The molecule has 0 N–H and O–H groups in total. The monoisotopic (exact) mass is 235 g/mol. The number of benzene rings is 1. The molecule has 0 bridgehead atoms. The zero-order chi connectivity index (χ0) is 12.4. The van der Waals surface area contributed by atoms with Gasteiger partial charge in [0.25, 0.3) is 0 Å². The Morgan fingerprint density at radius 1 is 1.06 bits per heavy atom. The summed E-state index contributed by atoms with van der Waals surface area (Å²) in [5, 5.41) is 0. The van der Waals surface area contributed by atoms with Gasteiger partial charge in [-0.15, -0.1) is 0 Å². The van der Waals surface area contributed by atoms with Crippen LogP contribution in [0.5, 0.6) is 0 Å². The molecule has 0 atom stereocenters. The molecule has 18 heavy (non-hydrogen) atoms. The smallest absolute Gasteiger partial charge is 0.0739 e. The second kappa shape index (κ2) is 4.77. The first-order chi connectivity index (χ1) is 8.84. The molecule has 0 unspecified atom stereocenters. The highest BCUT2D eigenvalue weighted by atomic mass is 14.8. The van der Waals surface area contributed by atoms with Crippen molar-refractivity contribution in [2.24, 2.45) is 4.99 Å². The number of nitrogens with zero attached hydrogens (tertiary/aromatic N) is 1. The van der Waals surface area contributed by atoms with Gasteiger partial charge in [0.1, 0.15) is 0 Å². The molecule has 1 heterocycles. The van der Waals surface area contributed by atoms with Crippen LogP contribution in [-0.4, -0.2) is 5.71 Å². The van der Waals surface area contributed by atoms with E-state index in [9.17, 15) is 0 Å². The predicted octanol–water partition coefficient (Wildman–Crippen LogP) is 4.54. The molecule has 1 heteroatoms. The zero-order valence-electron chi connectivity index (χ0n) is 10.7. The van der Waals surface area contributed by atoms with E-state index in [2.05, 4.69) is 55.5 Å². The van der Waals surface area contributed by atoms with Gasteiger partial charge in [0.2, 0.25) is 0 Å². The molecule has 90 valence electrons. The van der Waals surface area contributed by atoms with E-state index in [0.29, 0.717) is 0 Å². The van der Waals surface area contributed by atoms with E-state index in [1.54, 1.807) is 0 Å². The molecule has 0 aromatic heterocycles. The van der Waals surface area contributed by atoms with Crippen LogP contribution in [0, 0.1) is 0 Å². The van der Waals surface area contributed by atoms with Gasteiger partial charge in [0.15, 0.2) is 0 Å². The molecular formula is C17H17N. The lowest BCUT2D eigenvalue weighted by Crippen LogP contribution is -1.91. The molecule has 0 saturated carbocycles. The predicted molar refractivity (Wildman–Crippen MR) is 77.5 cm³/mol. The summed E-state index contributed by atoms with van der Waals surface area (Å²) in [7, 11) is 0. The van der Waals surface area contributed by atoms with Gasteiger partial charge in [-0.05, 0) is 36.5 Å². The lowest BCUT2D eigenvalue weighted by Gasteiger charge is -2.09. The van der Waals surface area contributed by atoms with E-state index in [1.807, 2.05) is 0 Å². The van der Waals surface area contributed by atoms with E-state index in [1.165, 1.54) is 28.1 Å². The summed E-state index contributed by atoms with van der Waals surface area (Å²) in [6.07, 6.45) is 10.0. The van der Waals surface area contributed by atoms with Crippen LogP contribution in [0.2, 0.25) is 0 Å². The highest BCUT2D eigenvalue weighted by Gasteiger charge is 2.19. The SMILES string of the molecule is CC1=NC(C2=CCCC=C2)=C(c2ccccc2)C1. The highest BCUT2D eigenvalue weighted by Crippen LogP contribution is 2.34. The Labute approximate surface area is 108 Å². The molecular weight excluding hydrogens is 218 g/mol. The van der Waals surface area contributed by atoms with Gasteiger partial charge in [0, 0.05) is 12.1 Å².